The highest BCUT2D eigenvalue weighted by Crippen LogP contribution is 2.24. The van der Waals surface area contributed by atoms with Crippen LogP contribution >= 0.6 is 0 Å². The number of methoxy groups -OCH3 is 1. The first-order valence-corrected chi connectivity index (χ1v) is 13.2. The van der Waals surface area contributed by atoms with Crippen LogP contribution in [0, 0.1) is 12.7 Å². The number of ether oxygens (including phenoxy) is 1. The highest BCUT2D eigenvalue weighted by molar-refractivity contribution is 7.89. The number of nitrogens with zero attached hydrogens (tertiary/aromatic N) is 3. The quantitative estimate of drug-likeness (QED) is 0.623. The second-order valence-corrected chi connectivity index (χ2v) is 10.9. The molecule has 0 aromatic heterocycles. The Kier molecular flexibility index (Phi) is 7.54. The molecule has 2 fully saturated rings. The third kappa shape index (κ3) is 5.26. The number of carbonyl (C=O) groups is 1. The monoisotopic (exact) mass is 489 g/mol. The molecule has 9 heteroatoms. The standard InChI is InChI=1S/C25H32FN3O4S/c1-19-6-8-21(34(31,32)29-10-4-3-5-11-29)17-22(19)25(30)28-14-12-27(13-15-28)18-20-7-9-24(33-2)23(26)16-20/h6-9,16-17H,3-5,10-15,18H2,1-2H3. The van der Waals surface area contributed by atoms with Gasteiger partial charge in [-0.05, 0) is 55.2 Å². The molecule has 0 radical (unpaired) electrons. The van der Waals surface area contributed by atoms with Crippen LogP contribution in [0.3, 0.4) is 0 Å². The van der Waals surface area contributed by atoms with Gasteiger partial charge in [0.05, 0.1) is 12.0 Å². The van der Waals surface area contributed by atoms with Crippen molar-refractivity contribution in [2.24, 2.45) is 0 Å². The van der Waals surface area contributed by atoms with E-state index in [0.29, 0.717) is 51.4 Å². The zero-order valence-corrected chi connectivity index (χ0v) is 20.6. The van der Waals surface area contributed by atoms with E-state index in [-0.39, 0.29) is 22.4 Å². The molecule has 2 aromatic carbocycles. The van der Waals surface area contributed by atoms with E-state index in [4.69, 9.17) is 4.74 Å². The molecule has 0 aliphatic carbocycles. The summed E-state index contributed by atoms with van der Waals surface area (Å²) in [6.45, 7) is 5.85. The molecule has 7 nitrogen and oxygen atoms in total. The first kappa shape index (κ1) is 24.6. The third-order valence-corrected chi connectivity index (χ3v) is 8.57. The molecule has 1 amide bonds. The summed E-state index contributed by atoms with van der Waals surface area (Å²) < 4.78 is 46.7. The molecular weight excluding hydrogens is 457 g/mol. The van der Waals surface area contributed by atoms with Gasteiger partial charge in [-0.2, -0.15) is 4.31 Å². The Hall–Kier alpha value is -2.49. The summed E-state index contributed by atoms with van der Waals surface area (Å²) in [5.41, 5.74) is 2.05. The Labute approximate surface area is 201 Å². The van der Waals surface area contributed by atoms with Crippen LogP contribution < -0.4 is 4.74 Å². The normalized spacial score (nSPS) is 18.1. The summed E-state index contributed by atoms with van der Waals surface area (Å²) in [6.07, 6.45) is 2.78. The Bertz CT molecular complexity index is 1140. The van der Waals surface area contributed by atoms with E-state index in [1.165, 1.54) is 23.5 Å². The van der Waals surface area contributed by atoms with Crippen molar-refractivity contribution in [2.45, 2.75) is 37.6 Å². The van der Waals surface area contributed by atoms with Crippen molar-refractivity contribution >= 4 is 15.9 Å². The molecule has 0 saturated carbocycles. The fourth-order valence-corrected chi connectivity index (χ4v) is 6.14. The van der Waals surface area contributed by atoms with Gasteiger partial charge in [-0.15, -0.1) is 0 Å². The number of aryl methyl sites for hydroxylation is 1. The number of halogens is 1. The van der Waals surface area contributed by atoms with Gasteiger partial charge in [0.1, 0.15) is 0 Å². The molecule has 184 valence electrons. The lowest BCUT2D eigenvalue weighted by atomic mass is 10.1. The lowest BCUT2D eigenvalue weighted by Gasteiger charge is -2.35. The van der Waals surface area contributed by atoms with Gasteiger partial charge in [-0.3, -0.25) is 9.69 Å². The Morgan fingerprint density at radius 3 is 2.32 bits per heavy atom. The molecule has 0 N–H and O–H groups in total. The SMILES string of the molecule is COc1ccc(CN2CCN(C(=O)c3cc(S(=O)(=O)N4CCCCC4)ccc3C)CC2)cc1F. The minimum absolute atomic E-state index is 0.150. The fraction of sp³-hybridized carbons (Fsp3) is 0.480. The summed E-state index contributed by atoms with van der Waals surface area (Å²) in [4.78, 5) is 17.4. The van der Waals surface area contributed by atoms with E-state index >= 15 is 0 Å². The minimum Gasteiger partial charge on any atom is -0.494 e. The third-order valence-electron chi connectivity index (χ3n) is 6.67. The second-order valence-electron chi connectivity index (χ2n) is 8.98. The van der Waals surface area contributed by atoms with Gasteiger partial charge in [0, 0.05) is 51.4 Å². The van der Waals surface area contributed by atoms with Crippen LogP contribution in [0.2, 0.25) is 0 Å². The van der Waals surface area contributed by atoms with Gasteiger partial charge >= 0.3 is 0 Å². The topological polar surface area (TPSA) is 70.2 Å². The molecule has 2 aromatic rings. The zero-order chi connectivity index (χ0) is 24.3. The zero-order valence-electron chi connectivity index (χ0n) is 19.8. The molecule has 0 bridgehead atoms. The van der Waals surface area contributed by atoms with Crippen LogP contribution in [0.4, 0.5) is 4.39 Å². The number of sulfonamides is 1. The molecule has 0 spiro atoms. The van der Waals surface area contributed by atoms with Gasteiger partial charge in [-0.1, -0.05) is 18.6 Å². The van der Waals surface area contributed by atoms with E-state index in [9.17, 15) is 17.6 Å². The van der Waals surface area contributed by atoms with E-state index in [0.717, 1.165) is 30.4 Å². The number of hydrogen-bond donors (Lipinski definition) is 0. The van der Waals surface area contributed by atoms with Crippen LogP contribution in [-0.2, 0) is 16.6 Å². The highest BCUT2D eigenvalue weighted by atomic mass is 32.2. The van der Waals surface area contributed by atoms with Crippen LogP contribution in [0.1, 0.15) is 40.7 Å². The molecule has 34 heavy (non-hydrogen) atoms. The molecule has 0 unspecified atom stereocenters. The van der Waals surface area contributed by atoms with Crippen LogP contribution in [-0.4, -0.2) is 74.8 Å². The molecule has 2 aliphatic rings. The van der Waals surface area contributed by atoms with E-state index in [1.54, 1.807) is 23.1 Å². The lowest BCUT2D eigenvalue weighted by Crippen LogP contribution is -2.48. The van der Waals surface area contributed by atoms with Crippen molar-refractivity contribution in [1.82, 2.24) is 14.1 Å². The van der Waals surface area contributed by atoms with Crippen LogP contribution in [0.15, 0.2) is 41.3 Å². The molecule has 0 atom stereocenters. The Balaban J connectivity index is 1.42. The maximum atomic E-state index is 14.0. The fourth-order valence-electron chi connectivity index (χ4n) is 4.59. The number of piperazine rings is 1. The predicted molar refractivity (Wildman–Crippen MR) is 128 cm³/mol. The average molecular weight is 490 g/mol. The van der Waals surface area contributed by atoms with Crippen molar-refractivity contribution in [1.29, 1.82) is 0 Å². The van der Waals surface area contributed by atoms with E-state index in [2.05, 4.69) is 4.90 Å². The summed E-state index contributed by atoms with van der Waals surface area (Å²) >= 11 is 0. The maximum Gasteiger partial charge on any atom is 0.254 e. The second kappa shape index (κ2) is 10.4. The average Bonchev–Trinajstić information content (AvgIpc) is 2.85. The number of carbonyl (C=O) groups excluding carboxylic acids is 1. The number of rotatable bonds is 6. The van der Waals surface area contributed by atoms with Gasteiger partial charge in [0.25, 0.3) is 5.91 Å². The number of benzene rings is 2. The molecule has 2 heterocycles. The molecular formula is C25H32FN3O4S. The van der Waals surface area contributed by atoms with Crippen molar-refractivity contribution in [3.05, 3.63) is 58.9 Å². The van der Waals surface area contributed by atoms with Gasteiger partial charge in [0.15, 0.2) is 11.6 Å². The van der Waals surface area contributed by atoms with Crippen molar-refractivity contribution < 1.29 is 22.3 Å². The predicted octanol–water partition coefficient (Wildman–Crippen LogP) is 3.28. The molecule has 2 aliphatic heterocycles. The number of hydrogen-bond acceptors (Lipinski definition) is 5. The summed E-state index contributed by atoms with van der Waals surface area (Å²) in [5.74, 6) is -0.314. The van der Waals surface area contributed by atoms with Gasteiger partial charge in [-0.25, -0.2) is 12.8 Å². The summed E-state index contributed by atoms with van der Waals surface area (Å²) in [7, 11) is -2.16. The smallest absolute Gasteiger partial charge is 0.254 e. The van der Waals surface area contributed by atoms with Crippen molar-refractivity contribution in [3.63, 3.8) is 0 Å². The molecule has 4 rings (SSSR count). The number of piperidine rings is 1. The first-order valence-electron chi connectivity index (χ1n) is 11.7. The summed E-state index contributed by atoms with van der Waals surface area (Å²) in [6, 6.07) is 9.80. The van der Waals surface area contributed by atoms with Gasteiger partial charge < -0.3 is 9.64 Å². The Morgan fingerprint density at radius 1 is 0.971 bits per heavy atom. The van der Waals surface area contributed by atoms with Crippen molar-refractivity contribution in [3.8, 4) is 5.75 Å². The van der Waals surface area contributed by atoms with Crippen LogP contribution in [0.5, 0.6) is 5.75 Å². The summed E-state index contributed by atoms with van der Waals surface area (Å²) in [5, 5.41) is 0. The first-order chi connectivity index (χ1) is 16.3. The minimum atomic E-state index is -3.60. The van der Waals surface area contributed by atoms with E-state index in [1.807, 2.05) is 13.0 Å². The largest absolute Gasteiger partial charge is 0.494 e. The van der Waals surface area contributed by atoms with Gasteiger partial charge in [0.2, 0.25) is 10.0 Å². The lowest BCUT2D eigenvalue weighted by molar-refractivity contribution is 0.0627. The van der Waals surface area contributed by atoms with E-state index < -0.39 is 10.0 Å². The molecule has 2 saturated heterocycles. The van der Waals surface area contributed by atoms with Crippen LogP contribution in [0.25, 0.3) is 0 Å². The van der Waals surface area contributed by atoms with Crippen molar-refractivity contribution in [2.75, 3.05) is 46.4 Å². The maximum absolute atomic E-state index is 14.0. The Morgan fingerprint density at radius 2 is 1.68 bits per heavy atom. The number of amides is 1. The highest BCUT2D eigenvalue weighted by Gasteiger charge is 2.29.